The van der Waals surface area contributed by atoms with Crippen molar-refractivity contribution < 1.29 is 0 Å². The number of rotatable bonds is 6. The van der Waals surface area contributed by atoms with E-state index in [0.717, 1.165) is 24.8 Å². The van der Waals surface area contributed by atoms with Crippen molar-refractivity contribution in [2.75, 3.05) is 18.4 Å². The summed E-state index contributed by atoms with van der Waals surface area (Å²) in [6, 6.07) is 0. The van der Waals surface area contributed by atoms with E-state index >= 15 is 0 Å². The van der Waals surface area contributed by atoms with Gasteiger partial charge in [-0.05, 0) is 6.42 Å². The first kappa shape index (κ1) is 10.8. The molecule has 0 rings (SSSR count). The van der Waals surface area contributed by atoms with Crippen molar-refractivity contribution >= 4 is 15.9 Å². The van der Waals surface area contributed by atoms with Gasteiger partial charge in [0.2, 0.25) is 0 Å². The minimum Gasteiger partial charge on any atom is -0.310 e. The highest BCUT2D eigenvalue weighted by molar-refractivity contribution is 9.09. The van der Waals surface area contributed by atoms with E-state index in [2.05, 4.69) is 29.0 Å². The number of hydrogen-bond donors (Lipinski definition) is 0. The van der Waals surface area contributed by atoms with E-state index in [1.54, 1.807) is 4.90 Å². The van der Waals surface area contributed by atoms with Gasteiger partial charge in [-0.2, -0.15) is 5.26 Å². The van der Waals surface area contributed by atoms with Crippen LogP contribution in [0.5, 0.6) is 0 Å². The van der Waals surface area contributed by atoms with Crippen LogP contribution < -0.4 is 0 Å². The number of hydrogen-bond acceptors (Lipinski definition) is 2. The summed E-state index contributed by atoms with van der Waals surface area (Å²) in [6.07, 6.45) is 5.74. The van der Waals surface area contributed by atoms with Crippen LogP contribution in [0.15, 0.2) is 0 Å². The van der Waals surface area contributed by atoms with E-state index in [4.69, 9.17) is 5.26 Å². The molecule has 0 bridgehead atoms. The number of nitriles is 1. The minimum atomic E-state index is 0.834. The molecular formula is C8H15BrN2. The number of alkyl halides is 1. The molecule has 0 radical (unpaired) electrons. The summed E-state index contributed by atoms with van der Waals surface area (Å²) in [5.74, 6) is 0. The van der Waals surface area contributed by atoms with Gasteiger partial charge in [0.15, 0.2) is 6.19 Å². The molecule has 0 aliphatic heterocycles. The highest BCUT2D eigenvalue weighted by atomic mass is 79.9. The Balaban J connectivity index is 3.30. The van der Waals surface area contributed by atoms with Crippen molar-refractivity contribution in [3.8, 4) is 6.19 Å². The van der Waals surface area contributed by atoms with E-state index in [9.17, 15) is 0 Å². The average molecular weight is 219 g/mol. The summed E-state index contributed by atoms with van der Waals surface area (Å²) < 4.78 is 0. The van der Waals surface area contributed by atoms with Crippen LogP contribution in [0.1, 0.15) is 26.2 Å². The summed E-state index contributed by atoms with van der Waals surface area (Å²) in [4.78, 5) is 1.80. The van der Waals surface area contributed by atoms with Crippen molar-refractivity contribution in [2.45, 2.75) is 26.2 Å². The predicted octanol–water partition coefficient (Wildman–Crippen LogP) is 2.35. The smallest absolute Gasteiger partial charge is 0.179 e. The first-order valence-corrected chi connectivity index (χ1v) is 5.18. The lowest BCUT2D eigenvalue weighted by molar-refractivity contribution is 0.401. The maximum atomic E-state index is 8.61. The molecule has 0 heterocycles. The van der Waals surface area contributed by atoms with Crippen LogP contribution in [0.25, 0.3) is 0 Å². The van der Waals surface area contributed by atoms with Crippen LogP contribution in [0, 0.1) is 11.5 Å². The first-order valence-electron chi connectivity index (χ1n) is 4.05. The van der Waals surface area contributed by atoms with Gasteiger partial charge in [0.1, 0.15) is 0 Å². The zero-order valence-electron chi connectivity index (χ0n) is 7.02. The quantitative estimate of drug-likeness (QED) is 0.297. The molecule has 64 valence electrons. The van der Waals surface area contributed by atoms with Crippen LogP contribution in [0.2, 0.25) is 0 Å². The summed E-state index contributed by atoms with van der Waals surface area (Å²) in [7, 11) is 0. The van der Waals surface area contributed by atoms with Crippen LogP contribution in [-0.4, -0.2) is 23.3 Å². The summed E-state index contributed by atoms with van der Waals surface area (Å²) in [6.45, 7) is 3.91. The Morgan fingerprint density at radius 1 is 1.36 bits per heavy atom. The second-order valence-corrected chi connectivity index (χ2v) is 3.28. The summed E-state index contributed by atoms with van der Waals surface area (Å²) in [5, 5.41) is 9.49. The maximum absolute atomic E-state index is 8.61. The molecule has 0 aromatic carbocycles. The van der Waals surface area contributed by atoms with Gasteiger partial charge in [0.05, 0.1) is 0 Å². The molecule has 3 heteroatoms. The van der Waals surface area contributed by atoms with E-state index in [-0.39, 0.29) is 0 Å². The molecule has 0 spiro atoms. The Labute approximate surface area is 77.3 Å². The topological polar surface area (TPSA) is 27.0 Å². The first-order chi connectivity index (χ1) is 5.35. The Bertz CT molecular complexity index is 120. The van der Waals surface area contributed by atoms with E-state index < -0.39 is 0 Å². The standard InChI is InChI=1S/C8H15BrN2/c1-2-3-4-6-11(8-10)7-5-9/h2-7H2,1H3. The number of unbranched alkanes of at least 4 members (excludes halogenated alkanes) is 2. The van der Waals surface area contributed by atoms with Gasteiger partial charge in [0.25, 0.3) is 0 Å². The molecule has 11 heavy (non-hydrogen) atoms. The second kappa shape index (κ2) is 7.87. The highest BCUT2D eigenvalue weighted by Gasteiger charge is 1.97. The maximum Gasteiger partial charge on any atom is 0.179 e. The van der Waals surface area contributed by atoms with Gasteiger partial charge < -0.3 is 4.90 Å². The highest BCUT2D eigenvalue weighted by Crippen LogP contribution is 1.97. The normalized spacial score (nSPS) is 9.18. The zero-order valence-corrected chi connectivity index (χ0v) is 8.60. The van der Waals surface area contributed by atoms with Crippen LogP contribution in [0.4, 0.5) is 0 Å². The zero-order chi connectivity index (χ0) is 8.53. The fraction of sp³-hybridized carbons (Fsp3) is 0.875. The fourth-order valence-electron chi connectivity index (χ4n) is 0.866. The van der Waals surface area contributed by atoms with Gasteiger partial charge in [-0.15, -0.1) is 0 Å². The third kappa shape index (κ3) is 6.18. The Morgan fingerprint density at radius 3 is 2.55 bits per heavy atom. The fourth-order valence-corrected chi connectivity index (χ4v) is 1.29. The number of nitrogens with zero attached hydrogens (tertiary/aromatic N) is 2. The molecule has 0 amide bonds. The molecule has 0 aromatic heterocycles. The molecule has 0 fully saturated rings. The monoisotopic (exact) mass is 218 g/mol. The lowest BCUT2D eigenvalue weighted by Gasteiger charge is -2.12. The Morgan fingerprint density at radius 2 is 2.09 bits per heavy atom. The van der Waals surface area contributed by atoms with Crippen molar-refractivity contribution in [1.29, 1.82) is 5.26 Å². The van der Waals surface area contributed by atoms with Crippen molar-refractivity contribution in [2.24, 2.45) is 0 Å². The molecule has 0 N–H and O–H groups in total. The van der Waals surface area contributed by atoms with Crippen molar-refractivity contribution in [3.05, 3.63) is 0 Å². The van der Waals surface area contributed by atoms with E-state index in [0.29, 0.717) is 0 Å². The van der Waals surface area contributed by atoms with Gasteiger partial charge >= 0.3 is 0 Å². The summed E-state index contributed by atoms with van der Waals surface area (Å²) in [5.41, 5.74) is 0. The minimum absolute atomic E-state index is 0.834. The Kier molecular flexibility index (Phi) is 7.71. The van der Waals surface area contributed by atoms with E-state index in [1.807, 2.05) is 0 Å². The molecule has 0 unspecified atom stereocenters. The second-order valence-electron chi connectivity index (χ2n) is 2.48. The molecule has 0 aliphatic carbocycles. The molecular weight excluding hydrogens is 204 g/mol. The molecule has 2 nitrogen and oxygen atoms in total. The van der Waals surface area contributed by atoms with Gasteiger partial charge in [0, 0.05) is 18.4 Å². The van der Waals surface area contributed by atoms with Crippen LogP contribution >= 0.6 is 15.9 Å². The van der Waals surface area contributed by atoms with Gasteiger partial charge in [-0.25, -0.2) is 0 Å². The third-order valence-corrected chi connectivity index (χ3v) is 1.88. The van der Waals surface area contributed by atoms with Gasteiger partial charge in [-0.3, -0.25) is 0 Å². The van der Waals surface area contributed by atoms with Crippen LogP contribution in [-0.2, 0) is 0 Å². The molecule has 0 saturated heterocycles. The van der Waals surface area contributed by atoms with Gasteiger partial charge in [-0.1, -0.05) is 35.7 Å². The predicted molar refractivity (Wildman–Crippen MR) is 50.5 cm³/mol. The average Bonchev–Trinajstić information content (AvgIpc) is 2.03. The third-order valence-electron chi connectivity index (χ3n) is 1.53. The molecule has 0 saturated carbocycles. The lowest BCUT2D eigenvalue weighted by atomic mass is 10.2. The lowest BCUT2D eigenvalue weighted by Crippen LogP contribution is -2.21. The molecule has 0 aromatic rings. The molecule has 0 aliphatic rings. The number of halogens is 1. The van der Waals surface area contributed by atoms with Crippen LogP contribution in [0.3, 0.4) is 0 Å². The SMILES string of the molecule is CCCCCN(C#N)CCBr. The Hall–Kier alpha value is -0.230. The van der Waals surface area contributed by atoms with Crippen molar-refractivity contribution in [1.82, 2.24) is 4.90 Å². The van der Waals surface area contributed by atoms with Crippen molar-refractivity contribution in [3.63, 3.8) is 0 Å². The van der Waals surface area contributed by atoms with E-state index in [1.165, 1.54) is 12.8 Å². The molecule has 0 atom stereocenters. The largest absolute Gasteiger partial charge is 0.310 e. The summed E-state index contributed by atoms with van der Waals surface area (Å²) >= 11 is 3.31.